The number of methoxy groups -OCH3 is 1. The second kappa shape index (κ2) is 4.07. The summed E-state index contributed by atoms with van der Waals surface area (Å²) in [5, 5.41) is 9.56. The Labute approximate surface area is 92.4 Å². The van der Waals surface area contributed by atoms with Crippen molar-refractivity contribution in [3.63, 3.8) is 0 Å². The zero-order valence-corrected chi connectivity index (χ0v) is 8.78. The standard InChI is InChI=1S/C12H10N2O2/c1-16-12(15)10-4-2-3-9-8(5-6-13)7-14-11(9)10/h2-4,7,14H,5H2,1H3. The number of fused-ring (bicyclic) bond motifs is 1. The molecule has 1 aromatic carbocycles. The van der Waals surface area contributed by atoms with Crippen molar-refractivity contribution in [2.24, 2.45) is 0 Å². The number of carbonyl (C=O) groups excluding carboxylic acids is 1. The number of carbonyl (C=O) groups is 1. The number of nitrogens with one attached hydrogen (secondary N) is 1. The number of esters is 1. The normalized spacial score (nSPS) is 10.0. The zero-order valence-electron chi connectivity index (χ0n) is 8.78. The summed E-state index contributed by atoms with van der Waals surface area (Å²) in [4.78, 5) is 14.5. The van der Waals surface area contributed by atoms with Crippen LogP contribution in [0, 0.1) is 11.3 Å². The minimum absolute atomic E-state index is 0.324. The Hall–Kier alpha value is -2.28. The van der Waals surface area contributed by atoms with Crippen LogP contribution in [0.4, 0.5) is 0 Å². The SMILES string of the molecule is COC(=O)c1cccc2c(CC#N)c[nH]c12. The van der Waals surface area contributed by atoms with E-state index < -0.39 is 0 Å². The lowest BCUT2D eigenvalue weighted by Crippen LogP contribution is -2.01. The number of nitrogens with zero attached hydrogens (tertiary/aromatic N) is 1. The van der Waals surface area contributed by atoms with E-state index in [0.717, 1.165) is 16.5 Å². The summed E-state index contributed by atoms with van der Waals surface area (Å²) in [6.45, 7) is 0. The third-order valence-corrected chi connectivity index (χ3v) is 2.48. The molecule has 0 saturated heterocycles. The smallest absolute Gasteiger partial charge is 0.339 e. The Morgan fingerprint density at radius 2 is 2.38 bits per heavy atom. The van der Waals surface area contributed by atoms with Crippen LogP contribution in [0.2, 0.25) is 0 Å². The van der Waals surface area contributed by atoms with Crippen molar-refractivity contribution in [1.82, 2.24) is 4.98 Å². The molecule has 1 N–H and O–H groups in total. The van der Waals surface area contributed by atoms with Gasteiger partial charge in [0.25, 0.3) is 0 Å². The molecule has 0 aliphatic heterocycles. The molecule has 0 aliphatic rings. The van der Waals surface area contributed by atoms with Gasteiger partial charge in [-0.1, -0.05) is 12.1 Å². The number of ether oxygens (including phenoxy) is 1. The van der Waals surface area contributed by atoms with Crippen molar-refractivity contribution in [2.75, 3.05) is 7.11 Å². The third kappa shape index (κ3) is 1.52. The van der Waals surface area contributed by atoms with Crippen molar-refractivity contribution in [3.8, 4) is 6.07 Å². The van der Waals surface area contributed by atoms with E-state index in [1.807, 2.05) is 6.07 Å². The predicted molar refractivity (Wildman–Crippen MR) is 59.0 cm³/mol. The minimum Gasteiger partial charge on any atom is -0.465 e. The van der Waals surface area contributed by atoms with Crippen LogP contribution in [0.25, 0.3) is 10.9 Å². The van der Waals surface area contributed by atoms with Gasteiger partial charge in [0.1, 0.15) is 0 Å². The maximum absolute atomic E-state index is 11.5. The molecular weight excluding hydrogens is 204 g/mol. The van der Waals surface area contributed by atoms with Crippen molar-refractivity contribution in [2.45, 2.75) is 6.42 Å². The maximum atomic E-state index is 11.5. The average Bonchev–Trinajstić information content (AvgIpc) is 2.72. The molecular formula is C12H10N2O2. The van der Waals surface area contributed by atoms with Crippen LogP contribution in [0.15, 0.2) is 24.4 Å². The Kier molecular flexibility index (Phi) is 2.61. The second-order valence-corrected chi connectivity index (χ2v) is 3.37. The van der Waals surface area contributed by atoms with E-state index >= 15 is 0 Å². The largest absolute Gasteiger partial charge is 0.465 e. The van der Waals surface area contributed by atoms with E-state index in [9.17, 15) is 4.79 Å². The number of para-hydroxylation sites is 1. The fourth-order valence-electron chi connectivity index (χ4n) is 1.72. The van der Waals surface area contributed by atoms with E-state index in [2.05, 4.69) is 15.8 Å². The van der Waals surface area contributed by atoms with Gasteiger partial charge in [0.2, 0.25) is 0 Å². The summed E-state index contributed by atoms with van der Waals surface area (Å²) < 4.78 is 4.69. The molecule has 0 spiro atoms. The average molecular weight is 214 g/mol. The van der Waals surface area contributed by atoms with Gasteiger partial charge in [-0.05, 0) is 11.6 Å². The molecule has 4 heteroatoms. The van der Waals surface area contributed by atoms with Gasteiger partial charge in [-0.25, -0.2) is 4.79 Å². The van der Waals surface area contributed by atoms with E-state index in [0.29, 0.717) is 12.0 Å². The highest BCUT2D eigenvalue weighted by Crippen LogP contribution is 2.22. The van der Waals surface area contributed by atoms with Gasteiger partial charge in [0.05, 0.1) is 30.7 Å². The van der Waals surface area contributed by atoms with Crippen molar-refractivity contribution in [3.05, 3.63) is 35.5 Å². The Morgan fingerprint density at radius 3 is 3.06 bits per heavy atom. The maximum Gasteiger partial charge on any atom is 0.339 e. The first kappa shape index (κ1) is 10.2. The number of aromatic nitrogens is 1. The number of hydrogen-bond donors (Lipinski definition) is 1. The molecule has 0 radical (unpaired) electrons. The summed E-state index contributed by atoms with van der Waals surface area (Å²) in [7, 11) is 1.35. The molecule has 0 amide bonds. The molecule has 1 aromatic heterocycles. The van der Waals surface area contributed by atoms with E-state index in [-0.39, 0.29) is 5.97 Å². The number of rotatable bonds is 2. The van der Waals surface area contributed by atoms with Crippen LogP contribution in [-0.4, -0.2) is 18.1 Å². The van der Waals surface area contributed by atoms with Crippen LogP contribution < -0.4 is 0 Å². The van der Waals surface area contributed by atoms with Crippen molar-refractivity contribution < 1.29 is 9.53 Å². The molecule has 0 atom stereocenters. The molecule has 0 aliphatic carbocycles. The van der Waals surface area contributed by atoms with Gasteiger partial charge in [-0.15, -0.1) is 0 Å². The highest BCUT2D eigenvalue weighted by atomic mass is 16.5. The summed E-state index contributed by atoms with van der Waals surface area (Å²) in [6.07, 6.45) is 2.07. The topological polar surface area (TPSA) is 65.9 Å². The van der Waals surface area contributed by atoms with Gasteiger partial charge in [-0.2, -0.15) is 5.26 Å². The Bertz CT molecular complexity index is 578. The first-order valence-corrected chi connectivity index (χ1v) is 4.82. The number of nitriles is 1. The number of H-pyrrole nitrogens is 1. The van der Waals surface area contributed by atoms with E-state index in [4.69, 9.17) is 5.26 Å². The van der Waals surface area contributed by atoms with Gasteiger partial charge in [0, 0.05) is 11.6 Å². The lowest BCUT2D eigenvalue weighted by atomic mass is 10.1. The quantitative estimate of drug-likeness (QED) is 0.778. The number of aromatic amines is 1. The van der Waals surface area contributed by atoms with Gasteiger partial charge in [0.15, 0.2) is 0 Å². The lowest BCUT2D eigenvalue weighted by Gasteiger charge is -2.00. The lowest BCUT2D eigenvalue weighted by molar-refractivity contribution is 0.0603. The summed E-state index contributed by atoms with van der Waals surface area (Å²) in [5.41, 5.74) is 2.10. The molecule has 0 saturated carbocycles. The first-order chi connectivity index (χ1) is 7.77. The second-order valence-electron chi connectivity index (χ2n) is 3.37. The predicted octanol–water partition coefficient (Wildman–Crippen LogP) is 2.02. The summed E-state index contributed by atoms with van der Waals surface area (Å²) in [6, 6.07) is 7.44. The molecule has 80 valence electrons. The van der Waals surface area contributed by atoms with Crippen LogP contribution in [0.3, 0.4) is 0 Å². The fraction of sp³-hybridized carbons (Fsp3) is 0.167. The van der Waals surface area contributed by atoms with Gasteiger partial charge >= 0.3 is 5.97 Å². The van der Waals surface area contributed by atoms with E-state index in [1.165, 1.54) is 7.11 Å². The van der Waals surface area contributed by atoms with Crippen LogP contribution in [0.5, 0.6) is 0 Å². The zero-order chi connectivity index (χ0) is 11.5. The van der Waals surface area contributed by atoms with Crippen molar-refractivity contribution in [1.29, 1.82) is 5.26 Å². The molecule has 2 aromatic rings. The number of hydrogen-bond acceptors (Lipinski definition) is 3. The molecule has 1 heterocycles. The summed E-state index contributed by atoms with van der Waals surface area (Å²) in [5.74, 6) is -0.379. The summed E-state index contributed by atoms with van der Waals surface area (Å²) >= 11 is 0. The monoisotopic (exact) mass is 214 g/mol. The third-order valence-electron chi connectivity index (χ3n) is 2.48. The Balaban J connectivity index is 2.62. The molecule has 0 unspecified atom stereocenters. The highest BCUT2D eigenvalue weighted by Gasteiger charge is 2.12. The van der Waals surface area contributed by atoms with E-state index in [1.54, 1.807) is 18.3 Å². The molecule has 0 fully saturated rings. The first-order valence-electron chi connectivity index (χ1n) is 4.82. The fourth-order valence-corrected chi connectivity index (χ4v) is 1.72. The van der Waals surface area contributed by atoms with Crippen LogP contribution in [-0.2, 0) is 11.2 Å². The van der Waals surface area contributed by atoms with Crippen LogP contribution >= 0.6 is 0 Å². The van der Waals surface area contributed by atoms with Gasteiger partial charge < -0.3 is 9.72 Å². The molecule has 0 bridgehead atoms. The molecule has 4 nitrogen and oxygen atoms in total. The highest BCUT2D eigenvalue weighted by molar-refractivity contribution is 6.03. The number of benzene rings is 1. The Morgan fingerprint density at radius 1 is 1.56 bits per heavy atom. The van der Waals surface area contributed by atoms with Crippen LogP contribution in [0.1, 0.15) is 15.9 Å². The van der Waals surface area contributed by atoms with Gasteiger partial charge in [-0.3, -0.25) is 0 Å². The van der Waals surface area contributed by atoms with Crippen molar-refractivity contribution >= 4 is 16.9 Å². The minimum atomic E-state index is -0.379. The molecule has 16 heavy (non-hydrogen) atoms. The molecule has 2 rings (SSSR count).